The Morgan fingerprint density at radius 2 is 0.897 bits per heavy atom. The topological polar surface area (TPSA) is 388 Å². The average molecular weight is 1170 g/mol. The third kappa shape index (κ3) is 14.4. The molecule has 6 amide bonds. The quantitative estimate of drug-likeness (QED) is 0.0523. The molecule has 30 heteroatoms. The minimum absolute atomic E-state index is 0. The molecule has 78 heavy (non-hydrogen) atoms. The smallest absolute Gasteiger partial charge is 0.327 e. The van der Waals surface area contributed by atoms with Crippen LogP contribution in [0.2, 0.25) is 0 Å². The number of nitrogens with zero attached hydrogens (tertiary/aromatic N) is 1. The van der Waals surface area contributed by atoms with Gasteiger partial charge >= 0.3 is 17.9 Å². The zero-order valence-electron chi connectivity index (χ0n) is 44.0. The van der Waals surface area contributed by atoms with Crippen molar-refractivity contribution in [3.05, 3.63) is 89.5 Å². The number of carboxylic acid groups (broad SMARTS) is 3. The van der Waals surface area contributed by atoms with Gasteiger partial charge in [0.1, 0.15) is 77.0 Å². The molecular weight excluding hydrogens is 1110 g/mol. The number of phenolic OH excluding ortho intramolecular Hbond substituents is 3. The van der Waals surface area contributed by atoms with Gasteiger partial charge in [0.15, 0.2) is 0 Å². The Bertz CT molecular complexity index is 2790. The van der Waals surface area contributed by atoms with Crippen LogP contribution in [0.5, 0.6) is 17.2 Å². The van der Waals surface area contributed by atoms with Gasteiger partial charge in [-0.3, -0.25) is 49.0 Å². The van der Waals surface area contributed by atoms with E-state index in [0.29, 0.717) is 0 Å². The van der Waals surface area contributed by atoms with E-state index in [9.17, 15) is 73.8 Å². The number of hydrogen-bond donors (Lipinski definition) is 14. The molecule has 3 radical (unpaired) electrons. The standard InChI is InChI=1S/C48H57N9O15S3.3Na/c1-46(2)31(43(67)68)55-39(73-46)28(52-34(61)25(49)19-7-13-22(58)14-8-19)37(64)50-26(20-9-15-23(59)16-10-20)35(62)53-29(40-56-32(44(69)70)47(3,4)74-40)38(65)51-27(21-11-17-24(60)18-12-21)36(63)54-30-41(66)57-33(45(71)72)48(5,6)75-42(30)57;;;/h7-18,25-33,39-40,42,55-56,58-60H,49H2,1-6H3,(H,50,64)(H,51,65)(H,52,61)(H,53,62)(H,54,63)(H,67,68)(H,69,70)(H,71,72);;;/t25-,26-,27-,28-,29-,30-,31+,32+,33+,39-,40-,42-;;;/m1.../s1. The second-order valence-corrected chi connectivity index (χ2v) is 25.2. The van der Waals surface area contributed by atoms with Gasteiger partial charge in [-0.05, 0) is 94.6 Å². The maximum Gasteiger partial charge on any atom is 0.327 e. The molecule has 7 rings (SSSR count). The summed E-state index contributed by atoms with van der Waals surface area (Å²) in [5.74, 6) is -10.2. The van der Waals surface area contributed by atoms with Crippen molar-refractivity contribution in [3.63, 3.8) is 0 Å². The van der Waals surface area contributed by atoms with Crippen molar-refractivity contribution in [2.45, 2.75) is 126 Å². The number of aromatic hydroxyl groups is 3. The first-order chi connectivity index (χ1) is 35.0. The van der Waals surface area contributed by atoms with E-state index in [1.807, 2.05) is 0 Å². The molecule has 0 unspecified atom stereocenters. The SMILES string of the molecule is CC1(C)S[C@@H]2[C@H](NC(=O)[C@H](NC(=O)[C@@H](NC(=O)[C@H](NC(=O)[C@@H](NC(=O)[C@H](N)c3ccc(O)cc3)[C@@H]3N[C@@H](C(=O)O)C(C)(C)S3)c3ccc(O)cc3)[C@@H]3N[C@@H](C(=O)O)C(C)(C)S3)c3ccc(O)cc3)C(=O)N2[C@H]1C(=O)O.[Na].[Na].[Na]. The van der Waals surface area contributed by atoms with E-state index in [-0.39, 0.29) is 123 Å². The van der Waals surface area contributed by atoms with Crippen molar-refractivity contribution in [3.8, 4) is 17.2 Å². The van der Waals surface area contributed by atoms with Crippen LogP contribution in [0.1, 0.15) is 76.4 Å². The van der Waals surface area contributed by atoms with Crippen molar-refractivity contribution >= 4 is 177 Å². The van der Waals surface area contributed by atoms with Crippen LogP contribution in [-0.2, 0) is 43.2 Å². The van der Waals surface area contributed by atoms with E-state index in [1.54, 1.807) is 41.5 Å². The molecule has 4 heterocycles. The van der Waals surface area contributed by atoms with E-state index in [2.05, 4.69) is 37.2 Å². The number of amides is 6. The van der Waals surface area contributed by atoms with E-state index < -0.39 is 138 Å². The molecule has 3 aromatic rings. The van der Waals surface area contributed by atoms with E-state index in [1.165, 1.54) is 72.8 Å². The Morgan fingerprint density at radius 3 is 1.27 bits per heavy atom. The molecule has 0 saturated carbocycles. The van der Waals surface area contributed by atoms with Crippen LogP contribution in [0, 0.1) is 0 Å². The van der Waals surface area contributed by atoms with E-state index in [4.69, 9.17) is 5.73 Å². The van der Waals surface area contributed by atoms with Gasteiger partial charge < -0.3 is 67.9 Å². The summed E-state index contributed by atoms with van der Waals surface area (Å²) < 4.78 is -3.16. The fourth-order valence-corrected chi connectivity index (χ4v) is 13.9. The first kappa shape index (κ1) is 66.7. The van der Waals surface area contributed by atoms with Crippen molar-refractivity contribution in [2.75, 3.05) is 0 Å². The molecule has 4 aliphatic heterocycles. The number of nitrogens with one attached hydrogen (secondary N) is 7. The number of rotatable bonds is 18. The van der Waals surface area contributed by atoms with Gasteiger partial charge in [0.2, 0.25) is 35.4 Å². The summed E-state index contributed by atoms with van der Waals surface area (Å²) in [7, 11) is 0. The molecular formula is C48H57N9Na3O15S3. The normalized spacial score (nSPS) is 24.9. The Morgan fingerprint density at radius 1 is 0.526 bits per heavy atom. The van der Waals surface area contributed by atoms with Crippen molar-refractivity contribution in [1.29, 1.82) is 0 Å². The molecule has 405 valence electrons. The average Bonchev–Trinajstić information content (AvgIpc) is 3.94. The monoisotopic (exact) mass is 1160 g/mol. The van der Waals surface area contributed by atoms with Crippen LogP contribution < -0.4 is 43.0 Å². The minimum Gasteiger partial charge on any atom is -0.508 e. The minimum atomic E-state index is -1.80. The number of β-lactam (4-membered cyclic amide) rings is 1. The molecule has 15 N–H and O–H groups in total. The predicted molar refractivity (Wildman–Crippen MR) is 290 cm³/mol. The van der Waals surface area contributed by atoms with Gasteiger partial charge in [-0.2, -0.15) is 0 Å². The third-order valence-electron chi connectivity index (χ3n) is 13.2. The summed E-state index contributed by atoms with van der Waals surface area (Å²) in [5.41, 5.74) is 6.62. The second-order valence-electron chi connectivity index (χ2n) is 19.9. The van der Waals surface area contributed by atoms with E-state index in [0.717, 1.165) is 40.2 Å². The molecule has 24 nitrogen and oxygen atoms in total. The Labute approximate surface area is 526 Å². The maximum atomic E-state index is 15.0. The number of carboxylic acids is 3. The Balaban J connectivity index is 0.00000437. The first-order valence-electron chi connectivity index (χ1n) is 23.2. The van der Waals surface area contributed by atoms with Crippen molar-refractivity contribution in [2.24, 2.45) is 5.73 Å². The fraction of sp³-hybridized carbons (Fsp3) is 0.438. The third-order valence-corrected chi connectivity index (χ3v) is 17.8. The number of carbonyl (C=O) groups excluding carboxylic acids is 6. The summed E-state index contributed by atoms with van der Waals surface area (Å²) >= 11 is 3.11. The first-order valence-corrected chi connectivity index (χ1v) is 25.9. The number of hydrogen-bond acceptors (Lipinski definition) is 18. The van der Waals surface area contributed by atoms with Gasteiger partial charge in [-0.15, -0.1) is 35.3 Å². The van der Waals surface area contributed by atoms with Crippen LogP contribution in [0.4, 0.5) is 0 Å². The molecule has 4 aliphatic rings. The Kier molecular flexibility index (Phi) is 22.6. The summed E-state index contributed by atoms with van der Waals surface area (Å²) in [5, 5.41) is 76.0. The molecule has 0 aromatic heterocycles. The number of fused-ring (bicyclic) bond motifs is 1. The zero-order chi connectivity index (χ0) is 55.2. The molecule has 3 aromatic carbocycles. The number of benzene rings is 3. The van der Waals surface area contributed by atoms with Gasteiger partial charge in [-0.1, -0.05) is 36.4 Å². The van der Waals surface area contributed by atoms with Crippen LogP contribution in [0.3, 0.4) is 0 Å². The number of aliphatic carboxylic acids is 3. The maximum absolute atomic E-state index is 15.0. The van der Waals surface area contributed by atoms with E-state index >= 15 is 0 Å². The van der Waals surface area contributed by atoms with Crippen molar-refractivity contribution in [1.82, 2.24) is 42.1 Å². The number of carbonyl (C=O) groups is 9. The van der Waals surface area contributed by atoms with Gasteiger partial charge in [-0.25, -0.2) is 4.79 Å². The summed E-state index contributed by atoms with van der Waals surface area (Å²) in [4.78, 5) is 125. The molecule has 0 aliphatic carbocycles. The zero-order valence-corrected chi connectivity index (χ0v) is 52.4. The Hall–Kier alpha value is -3.78. The molecule has 0 spiro atoms. The van der Waals surface area contributed by atoms with Gasteiger partial charge in [0.25, 0.3) is 0 Å². The molecule has 4 saturated heterocycles. The number of thioether (sulfide) groups is 3. The predicted octanol–water partition coefficient (Wildman–Crippen LogP) is -1.23. The van der Waals surface area contributed by atoms with Crippen LogP contribution in [-0.4, -0.2) is 244 Å². The van der Waals surface area contributed by atoms with Gasteiger partial charge in [0, 0.05) is 103 Å². The van der Waals surface area contributed by atoms with Gasteiger partial charge in [0.05, 0.1) is 10.7 Å². The van der Waals surface area contributed by atoms with Crippen LogP contribution in [0.25, 0.3) is 0 Å². The summed E-state index contributed by atoms with van der Waals surface area (Å²) in [6, 6.07) is 1.99. The molecule has 12 atom stereocenters. The number of nitrogens with two attached hydrogens (primary N) is 1. The molecule has 4 fully saturated rings. The number of phenols is 3. The fourth-order valence-electron chi connectivity index (χ4n) is 9.30. The van der Waals surface area contributed by atoms with Crippen LogP contribution in [0.15, 0.2) is 72.8 Å². The largest absolute Gasteiger partial charge is 0.508 e. The second kappa shape index (κ2) is 26.4. The van der Waals surface area contributed by atoms with Crippen LogP contribution >= 0.6 is 35.3 Å². The molecule has 0 bridgehead atoms. The summed E-state index contributed by atoms with van der Waals surface area (Å²) in [6.45, 7) is 9.66. The summed E-state index contributed by atoms with van der Waals surface area (Å²) in [6.07, 6.45) is 0. The van der Waals surface area contributed by atoms with Crippen molar-refractivity contribution < 1.29 is 73.8 Å².